The molecule has 1 saturated heterocycles. The number of carboxylic acids is 1. The Bertz CT molecular complexity index is 1760. The van der Waals surface area contributed by atoms with Crippen LogP contribution in [-0.2, 0) is 35.6 Å². The Morgan fingerprint density at radius 2 is 1.78 bits per heavy atom. The van der Waals surface area contributed by atoms with Crippen molar-refractivity contribution in [2.75, 3.05) is 13.1 Å². The maximum atomic E-state index is 13.2. The molecule has 232 valence electrons. The number of aliphatic imine (C=N–C) groups is 1. The zero-order chi connectivity index (χ0) is 32.0. The van der Waals surface area contributed by atoms with Crippen molar-refractivity contribution in [2.45, 2.75) is 49.3 Å². The number of amides is 2. The van der Waals surface area contributed by atoms with Crippen LogP contribution in [0.4, 0.5) is 0 Å². The van der Waals surface area contributed by atoms with Crippen LogP contribution in [0.1, 0.15) is 41.2 Å². The Balaban J connectivity index is 1.14. The van der Waals surface area contributed by atoms with Crippen LogP contribution in [0.15, 0.2) is 88.8 Å². The summed E-state index contributed by atoms with van der Waals surface area (Å²) < 4.78 is 33.2. The third kappa shape index (κ3) is 7.57. The summed E-state index contributed by atoms with van der Waals surface area (Å²) >= 11 is 0. The third-order valence-electron chi connectivity index (χ3n) is 7.47. The zero-order valence-corrected chi connectivity index (χ0v) is 25.3. The minimum Gasteiger partial charge on any atom is -0.480 e. The Morgan fingerprint density at radius 1 is 1.07 bits per heavy atom. The van der Waals surface area contributed by atoms with Crippen LogP contribution in [0.2, 0.25) is 0 Å². The predicted molar refractivity (Wildman–Crippen MR) is 165 cm³/mol. The molecule has 5 rings (SSSR count). The number of ether oxygens (including phenoxy) is 1. The van der Waals surface area contributed by atoms with E-state index < -0.39 is 46.0 Å². The minimum atomic E-state index is -3.92. The Hall–Kier alpha value is -4.99. The van der Waals surface area contributed by atoms with E-state index in [-0.39, 0.29) is 30.4 Å². The first-order valence-corrected chi connectivity index (χ1v) is 15.8. The van der Waals surface area contributed by atoms with Crippen LogP contribution in [-0.4, -0.2) is 66.8 Å². The standard InChI is InChI=1S/C33H32N4O7S/c1-22-11-17-26(18-12-22)45(42,43)37-20-6-10-28(37)30(38)35-27(32(40)41)21-24-15-13-23(14-16-24)7-5-19-34-33-36-31(39)29(44-33)25-8-3-2-4-9-25/h2-4,8-9,11-18,27-29H,6,10,19-21H2,1H3,(H,35,38)(H,40,41)(H,34,36,39)/t27-,28-,29?/m0/s1. The lowest BCUT2D eigenvalue weighted by molar-refractivity contribution is -0.142. The fraction of sp³-hybridized carbons (Fsp3) is 0.273. The van der Waals surface area contributed by atoms with Gasteiger partial charge in [0.25, 0.3) is 11.9 Å². The molecule has 2 aliphatic heterocycles. The summed E-state index contributed by atoms with van der Waals surface area (Å²) in [4.78, 5) is 41.3. The van der Waals surface area contributed by atoms with Crippen LogP contribution in [0.25, 0.3) is 0 Å². The maximum absolute atomic E-state index is 13.2. The molecule has 0 bridgehead atoms. The second kappa shape index (κ2) is 13.8. The molecule has 12 heteroatoms. The van der Waals surface area contributed by atoms with E-state index in [9.17, 15) is 27.9 Å². The van der Waals surface area contributed by atoms with E-state index in [0.29, 0.717) is 29.5 Å². The van der Waals surface area contributed by atoms with Crippen LogP contribution >= 0.6 is 0 Å². The molecule has 2 heterocycles. The Morgan fingerprint density at radius 3 is 2.47 bits per heavy atom. The molecule has 0 spiro atoms. The molecule has 11 nitrogen and oxygen atoms in total. The Labute approximate surface area is 261 Å². The molecule has 1 unspecified atom stereocenters. The van der Waals surface area contributed by atoms with Crippen molar-refractivity contribution in [3.8, 4) is 11.8 Å². The summed E-state index contributed by atoms with van der Waals surface area (Å²) in [6.45, 7) is 2.21. The van der Waals surface area contributed by atoms with E-state index >= 15 is 0 Å². The number of hydrogen-bond acceptors (Lipinski definition) is 7. The predicted octanol–water partition coefficient (Wildman–Crippen LogP) is 2.56. The number of carbonyl (C=O) groups excluding carboxylic acids is 2. The van der Waals surface area contributed by atoms with Crippen molar-refractivity contribution in [3.05, 3.63) is 101 Å². The highest BCUT2D eigenvalue weighted by Gasteiger charge is 2.40. The van der Waals surface area contributed by atoms with Gasteiger partial charge in [0.2, 0.25) is 22.0 Å². The number of sulfonamides is 1. The van der Waals surface area contributed by atoms with Gasteiger partial charge in [0.15, 0.2) is 0 Å². The van der Waals surface area contributed by atoms with Gasteiger partial charge in [-0.3, -0.25) is 9.59 Å². The van der Waals surface area contributed by atoms with Gasteiger partial charge < -0.3 is 20.5 Å². The highest BCUT2D eigenvalue weighted by molar-refractivity contribution is 7.89. The van der Waals surface area contributed by atoms with Gasteiger partial charge in [-0.2, -0.15) is 9.30 Å². The van der Waals surface area contributed by atoms with Crippen molar-refractivity contribution < 1.29 is 32.6 Å². The molecule has 3 atom stereocenters. The van der Waals surface area contributed by atoms with Crippen molar-refractivity contribution in [1.82, 2.24) is 14.9 Å². The first kappa shape index (κ1) is 31.4. The van der Waals surface area contributed by atoms with Gasteiger partial charge in [0, 0.05) is 24.1 Å². The summed E-state index contributed by atoms with van der Waals surface area (Å²) in [5, 5.41) is 15.2. The molecule has 0 radical (unpaired) electrons. The van der Waals surface area contributed by atoms with Crippen molar-refractivity contribution in [3.63, 3.8) is 0 Å². The molecule has 2 amide bonds. The van der Waals surface area contributed by atoms with Gasteiger partial charge in [-0.15, -0.1) is 0 Å². The summed E-state index contributed by atoms with van der Waals surface area (Å²) in [5.74, 6) is 3.64. The number of rotatable bonds is 9. The van der Waals surface area contributed by atoms with E-state index in [0.717, 1.165) is 9.87 Å². The molecule has 3 aromatic carbocycles. The van der Waals surface area contributed by atoms with Crippen LogP contribution in [0.3, 0.4) is 0 Å². The van der Waals surface area contributed by atoms with E-state index in [2.05, 4.69) is 27.5 Å². The van der Waals surface area contributed by atoms with Crippen LogP contribution in [0, 0.1) is 18.8 Å². The zero-order valence-electron chi connectivity index (χ0n) is 24.5. The van der Waals surface area contributed by atoms with Crippen LogP contribution < -0.4 is 10.6 Å². The van der Waals surface area contributed by atoms with Crippen molar-refractivity contribution in [1.29, 1.82) is 0 Å². The van der Waals surface area contributed by atoms with E-state index in [1.165, 1.54) is 12.1 Å². The minimum absolute atomic E-state index is 0.00153. The number of nitrogens with zero attached hydrogens (tertiary/aromatic N) is 2. The first-order valence-electron chi connectivity index (χ1n) is 14.4. The molecule has 0 aromatic heterocycles. The van der Waals surface area contributed by atoms with Crippen molar-refractivity contribution in [2.24, 2.45) is 4.99 Å². The van der Waals surface area contributed by atoms with Gasteiger partial charge >= 0.3 is 5.97 Å². The van der Waals surface area contributed by atoms with Gasteiger partial charge in [-0.05, 0) is 49.6 Å². The second-order valence-electron chi connectivity index (χ2n) is 10.7. The maximum Gasteiger partial charge on any atom is 0.326 e. The summed E-state index contributed by atoms with van der Waals surface area (Å²) in [7, 11) is -3.92. The first-order chi connectivity index (χ1) is 21.6. The number of nitrogens with one attached hydrogen (secondary N) is 2. The summed E-state index contributed by atoms with van der Waals surface area (Å²) in [5.41, 5.74) is 2.95. The molecule has 0 saturated carbocycles. The van der Waals surface area contributed by atoms with Crippen molar-refractivity contribution >= 4 is 33.8 Å². The number of aliphatic carboxylic acids is 1. The Kier molecular flexibility index (Phi) is 9.61. The molecule has 0 aliphatic carbocycles. The van der Waals surface area contributed by atoms with Crippen LogP contribution in [0.5, 0.6) is 0 Å². The van der Waals surface area contributed by atoms with Gasteiger partial charge in [0.05, 0.1) is 11.4 Å². The number of amidine groups is 1. The normalized spacial score (nSPS) is 18.7. The fourth-order valence-electron chi connectivity index (χ4n) is 5.10. The average Bonchev–Trinajstić information content (AvgIpc) is 3.68. The fourth-order valence-corrected chi connectivity index (χ4v) is 6.75. The lowest BCUT2D eigenvalue weighted by Crippen LogP contribution is -2.51. The molecular formula is C33H32N4O7S. The second-order valence-corrected chi connectivity index (χ2v) is 12.6. The van der Waals surface area contributed by atoms with E-state index in [4.69, 9.17) is 4.74 Å². The molecular weight excluding hydrogens is 596 g/mol. The topological polar surface area (TPSA) is 154 Å². The van der Waals surface area contributed by atoms with Gasteiger partial charge in [0.1, 0.15) is 12.1 Å². The number of benzene rings is 3. The van der Waals surface area contributed by atoms with Gasteiger partial charge in [-0.25, -0.2) is 13.2 Å². The smallest absolute Gasteiger partial charge is 0.326 e. The summed E-state index contributed by atoms with van der Waals surface area (Å²) in [6, 6.07) is 20.2. The quantitative estimate of drug-likeness (QED) is 0.306. The molecule has 45 heavy (non-hydrogen) atoms. The molecule has 3 aromatic rings. The van der Waals surface area contributed by atoms with Gasteiger partial charge in [-0.1, -0.05) is 72.0 Å². The van der Waals surface area contributed by atoms with E-state index in [1.807, 2.05) is 25.1 Å². The number of carboxylic acid groups (broad SMARTS) is 1. The lowest BCUT2D eigenvalue weighted by atomic mass is 10.0. The SMILES string of the molecule is Cc1ccc(S(=O)(=O)N2CCC[C@H]2C(=O)N[C@@H](Cc2ccc(C#CCNC3=NC(=O)C(c4ccccc4)O3)cc2)C(=O)O)cc1. The largest absolute Gasteiger partial charge is 0.480 e. The highest BCUT2D eigenvalue weighted by Crippen LogP contribution is 2.27. The summed E-state index contributed by atoms with van der Waals surface area (Å²) in [6.07, 6.45) is 0.0143. The van der Waals surface area contributed by atoms with E-state index in [1.54, 1.807) is 48.5 Å². The molecule has 2 aliphatic rings. The third-order valence-corrected chi connectivity index (χ3v) is 9.39. The lowest BCUT2D eigenvalue weighted by Gasteiger charge is -2.25. The molecule has 3 N–H and O–H groups in total. The monoisotopic (exact) mass is 628 g/mol. The number of aryl methyl sites for hydroxylation is 1. The molecule has 1 fully saturated rings. The number of hydrogen-bond donors (Lipinski definition) is 3. The number of carbonyl (C=O) groups is 3. The highest BCUT2D eigenvalue weighted by atomic mass is 32.2. The average molecular weight is 629 g/mol.